The molecule has 0 spiro atoms. The van der Waals surface area contributed by atoms with Crippen molar-refractivity contribution in [1.82, 2.24) is 9.96 Å². The Balaban J connectivity index is 0.00000200. The molecule has 106 valence electrons. The van der Waals surface area contributed by atoms with Crippen molar-refractivity contribution in [1.29, 1.82) is 0 Å². The largest absolute Gasteiger partial charge is 1.00 e. The number of halogens is 1. The monoisotopic (exact) mass is 281 g/mol. The molecule has 3 atom stereocenters. The van der Waals surface area contributed by atoms with Crippen LogP contribution in [0.3, 0.4) is 0 Å². The van der Waals surface area contributed by atoms with Gasteiger partial charge in [0.1, 0.15) is 12.1 Å². The van der Waals surface area contributed by atoms with E-state index in [0.29, 0.717) is 10.6 Å². The van der Waals surface area contributed by atoms with Gasteiger partial charge in [0.05, 0.1) is 6.54 Å². The van der Waals surface area contributed by atoms with Gasteiger partial charge in [-0.3, -0.25) is 4.79 Å². The summed E-state index contributed by atoms with van der Waals surface area (Å²) in [6, 6.07) is -2.34. The van der Waals surface area contributed by atoms with Gasteiger partial charge >= 0.3 is 37.2 Å². The Morgan fingerprint density at radius 1 is 1.65 bits per heavy atom. The molecule has 2 rings (SSSR count). The number of carbonyl (C=O) groups excluding carboxylic acids is 2. The van der Waals surface area contributed by atoms with Crippen LogP contribution in [0, 0.1) is 0 Å². The van der Waals surface area contributed by atoms with E-state index >= 15 is 0 Å². The van der Waals surface area contributed by atoms with Crippen molar-refractivity contribution >= 4 is 17.9 Å². The van der Waals surface area contributed by atoms with Gasteiger partial charge in [-0.05, 0) is 12.5 Å². The quantitative estimate of drug-likeness (QED) is 0.407. The molecule has 0 aliphatic carbocycles. The zero-order valence-corrected chi connectivity index (χ0v) is 10.9. The summed E-state index contributed by atoms with van der Waals surface area (Å²) in [4.78, 5) is 39.1. The van der Waals surface area contributed by atoms with E-state index in [2.05, 4.69) is 4.84 Å². The smallest absolute Gasteiger partial charge is 1.00 e. The molecule has 0 radical (unpaired) electrons. The Bertz CT molecular complexity index is 491. The van der Waals surface area contributed by atoms with Gasteiger partial charge in [0.2, 0.25) is 5.91 Å². The van der Waals surface area contributed by atoms with Gasteiger partial charge in [-0.15, -0.1) is 0 Å². The fourth-order valence-electron chi connectivity index (χ4n) is 2.11. The van der Waals surface area contributed by atoms with Crippen LogP contribution in [0.15, 0.2) is 11.6 Å². The third-order valence-electron chi connectivity index (χ3n) is 3.06. The number of rotatable bonds is 4. The molecule has 2 aliphatic rings. The van der Waals surface area contributed by atoms with E-state index in [1.54, 1.807) is 6.92 Å². The number of primary amides is 1. The Hall–Kier alpha value is -1.56. The predicted octanol–water partition coefficient (Wildman–Crippen LogP) is -3.67. The fourth-order valence-corrected chi connectivity index (χ4v) is 2.11. The number of nitrogens with two attached hydrogens (primary N) is 1. The molecule has 0 unspecified atom stereocenters. The SMILES string of the molecule is CC1=C[C@@H](C(N)=O)N2C[C@@H]1N(O[C@H](F)C(=O)O)C2=O.[H-].[Li+]. The van der Waals surface area contributed by atoms with Gasteiger partial charge in [0.25, 0.3) is 0 Å². The second kappa shape index (κ2) is 5.83. The van der Waals surface area contributed by atoms with E-state index in [1.165, 1.54) is 6.08 Å². The summed E-state index contributed by atoms with van der Waals surface area (Å²) in [7, 11) is 0. The second-order valence-corrected chi connectivity index (χ2v) is 4.29. The number of carboxylic acids is 1. The average molecular weight is 281 g/mol. The van der Waals surface area contributed by atoms with Crippen molar-refractivity contribution in [2.45, 2.75) is 25.4 Å². The number of urea groups is 1. The molecule has 2 bridgehead atoms. The number of fused-ring (bicyclic) bond motifs is 2. The summed E-state index contributed by atoms with van der Waals surface area (Å²) in [6.07, 6.45) is -1.17. The van der Waals surface area contributed by atoms with E-state index in [0.717, 1.165) is 4.90 Å². The molecule has 0 aromatic carbocycles. The third kappa shape index (κ3) is 2.65. The Morgan fingerprint density at radius 3 is 2.75 bits per heavy atom. The van der Waals surface area contributed by atoms with Crippen LogP contribution in [0.1, 0.15) is 8.35 Å². The minimum Gasteiger partial charge on any atom is -1.00 e. The van der Waals surface area contributed by atoms with E-state index < -0.39 is 36.3 Å². The summed E-state index contributed by atoms with van der Waals surface area (Å²) >= 11 is 0. The van der Waals surface area contributed by atoms with E-state index in [4.69, 9.17) is 10.8 Å². The molecule has 10 heteroatoms. The molecule has 3 amide bonds. The molecule has 0 aromatic heterocycles. The Morgan fingerprint density at radius 2 is 2.25 bits per heavy atom. The number of hydroxylamine groups is 2. The van der Waals surface area contributed by atoms with Crippen LogP contribution >= 0.6 is 0 Å². The second-order valence-electron chi connectivity index (χ2n) is 4.29. The van der Waals surface area contributed by atoms with E-state index in [1.807, 2.05) is 0 Å². The fraction of sp³-hybridized carbons (Fsp3) is 0.500. The van der Waals surface area contributed by atoms with Crippen LogP contribution in [-0.4, -0.2) is 58.0 Å². The van der Waals surface area contributed by atoms with Gasteiger partial charge in [0.15, 0.2) is 0 Å². The number of aliphatic carboxylic acids is 1. The topological polar surface area (TPSA) is 113 Å². The average Bonchev–Trinajstić information content (AvgIpc) is 2.60. The molecule has 0 saturated carbocycles. The maximum Gasteiger partial charge on any atom is 1.00 e. The minimum atomic E-state index is -2.65. The van der Waals surface area contributed by atoms with E-state index in [9.17, 15) is 18.8 Å². The number of hydrogen-bond donors (Lipinski definition) is 2. The molecular weight excluding hydrogens is 268 g/mol. The standard InChI is InChI=1S/C10H12FN3O5.Li.H/c1-4-2-5(8(12)15)13-3-6(4)14(10(13)18)19-7(11)9(16)17;;/h2,5-7H,3H2,1H3,(H2,12,15)(H,16,17);;/q;+1;-1/t5-,6-,7-;;/m0../s1. The van der Waals surface area contributed by atoms with Gasteiger partial charge in [-0.2, -0.15) is 5.06 Å². The Kier molecular flexibility index (Phi) is 4.80. The number of carboxylic acid groups (broad SMARTS) is 1. The van der Waals surface area contributed by atoms with Crippen molar-refractivity contribution in [2.24, 2.45) is 5.73 Å². The zero-order chi connectivity index (χ0) is 14.3. The van der Waals surface area contributed by atoms with Crippen molar-refractivity contribution < 1.29 is 49.0 Å². The van der Waals surface area contributed by atoms with Crippen LogP contribution < -0.4 is 24.6 Å². The first-order chi connectivity index (χ1) is 8.82. The summed E-state index contributed by atoms with van der Waals surface area (Å²) in [5.74, 6) is -2.56. The number of carbonyl (C=O) groups is 3. The third-order valence-corrected chi connectivity index (χ3v) is 3.06. The van der Waals surface area contributed by atoms with Crippen molar-refractivity contribution in [2.75, 3.05) is 6.54 Å². The first kappa shape index (κ1) is 16.5. The van der Waals surface area contributed by atoms with Crippen LogP contribution in [-0.2, 0) is 14.4 Å². The molecule has 2 aliphatic heterocycles. The minimum absolute atomic E-state index is 0. The predicted molar refractivity (Wildman–Crippen MR) is 59.2 cm³/mol. The van der Waals surface area contributed by atoms with Crippen molar-refractivity contribution in [3.63, 3.8) is 0 Å². The Labute approximate surface area is 126 Å². The maximum absolute atomic E-state index is 13.0. The normalized spacial score (nSPS) is 25.9. The van der Waals surface area contributed by atoms with Gasteiger partial charge in [-0.1, -0.05) is 6.08 Å². The number of alkyl halides is 1. The first-order valence-electron chi connectivity index (χ1n) is 5.44. The molecule has 3 N–H and O–H groups in total. The first-order valence-corrected chi connectivity index (χ1v) is 5.44. The van der Waals surface area contributed by atoms with Gasteiger partial charge in [0, 0.05) is 0 Å². The molecular formula is C10H13FLiN3O5. The van der Waals surface area contributed by atoms with Crippen molar-refractivity contribution in [3.05, 3.63) is 11.6 Å². The summed E-state index contributed by atoms with van der Waals surface area (Å²) in [5, 5.41) is 9.07. The van der Waals surface area contributed by atoms with Crippen molar-refractivity contribution in [3.8, 4) is 0 Å². The summed E-state index contributed by atoms with van der Waals surface area (Å²) in [6.45, 7) is 1.72. The molecule has 0 aromatic rings. The number of hydrogen-bond acceptors (Lipinski definition) is 4. The van der Waals surface area contributed by atoms with Crippen LogP contribution in [0.25, 0.3) is 0 Å². The van der Waals surface area contributed by atoms with Crippen LogP contribution in [0.2, 0.25) is 0 Å². The zero-order valence-electron chi connectivity index (χ0n) is 11.9. The van der Waals surface area contributed by atoms with Gasteiger partial charge in [-0.25, -0.2) is 18.8 Å². The number of nitrogens with zero attached hydrogens (tertiary/aromatic N) is 2. The molecule has 1 saturated heterocycles. The van der Waals surface area contributed by atoms with Crippen LogP contribution in [0.5, 0.6) is 0 Å². The molecule has 8 nitrogen and oxygen atoms in total. The van der Waals surface area contributed by atoms with Gasteiger partial charge < -0.3 is 17.2 Å². The molecule has 2 heterocycles. The summed E-state index contributed by atoms with van der Waals surface area (Å²) < 4.78 is 13.0. The van der Waals surface area contributed by atoms with Crippen LogP contribution in [0.4, 0.5) is 9.18 Å². The number of amides is 3. The maximum atomic E-state index is 13.0. The summed E-state index contributed by atoms with van der Waals surface area (Å²) in [5.41, 5.74) is 5.75. The van der Waals surface area contributed by atoms with E-state index in [-0.39, 0.29) is 26.8 Å². The molecule has 20 heavy (non-hydrogen) atoms. The molecule has 1 fully saturated rings.